The molecule has 10 aromatic carbocycles. The molecular weight excluding hydrogens is 613 g/mol. The average Bonchev–Trinajstić information content (AvgIpc) is 3.66. The first kappa shape index (κ1) is 27.3. The minimum atomic E-state index is -0.403. The molecule has 0 aromatic heterocycles. The van der Waals surface area contributed by atoms with E-state index in [4.69, 9.17) is 0 Å². The fraction of sp³-hybridized carbons (Fsp3) is 0.0196. The Hall–Kier alpha value is -6.50. The summed E-state index contributed by atoms with van der Waals surface area (Å²) in [6.45, 7) is 0. The molecule has 0 amide bonds. The number of hydrogen-bond donors (Lipinski definition) is 0. The van der Waals surface area contributed by atoms with Crippen molar-refractivity contribution in [1.29, 1.82) is 0 Å². The average molecular weight is 643 g/mol. The van der Waals surface area contributed by atoms with E-state index in [2.05, 4.69) is 182 Å². The highest BCUT2D eigenvalue weighted by atomic mass is 14.5. The van der Waals surface area contributed by atoms with Crippen LogP contribution in [0.4, 0.5) is 0 Å². The standard InChI is InChI=1S/C51H30/c1-3-13-37-31(11-1)21-24-35-29-44(39-15-5-6-18-42(39)49(35)37)34-23-22-33-28-45-43-26-25-32-12-2-4-14-38(32)50(43)51(48(45)30-36(33)27-34)46-19-9-7-16-40(46)41-17-8-10-20-47(41)51/h1-30H. The molecule has 0 heterocycles. The van der Waals surface area contributed by atoms with Crippen molar-refractivity contribution in [2.24, 2.45) is 0 Å². The number of hydrogen-bond acceptors (Lipinski definition) is 0. The van der Waals surface area contributed by atoms with Gasteiger partial charge in [0.25, 0.3) is 0 Å². The molecule has 10 aromatic rings. The molecule has 0 radical (unpaired) electrons. The zero-order valence-corrected chi connectivity index (χ0v) is 27.8. The van der Waals surface area contributed by atoms with E-state index in [-0.39, 0.29) is 0 Å². The fourth-order valence-corrected chi connectivity index (χ4v) is 9.94. The highest BCUT2D eigenvalue weighted by Gasteiger charge is 2.52. The van der Waals surface area contributed by atoms with Crippen molar-refractivity contribution in [3.05, 3.63) is 204 Å². The Labute approximate surface area is 295 Å². The van der Waals surface area contributed by atoms with E-state index >= 15 is 0 Å². The van der Waals surface area contributed by atoms with Gasteiger partial charge in [-0.1, -0.05) is 158 Å². The van der Waals surface area contributed by atoms with Gasteiger partial charge in [-0.2, -0.15) is 0 Å². The Kier molecular flexibility index (Phi) is 5.26. The second-order valence-corrected chi connectivity index (χ2v) is 14.4. The lowest BCUT2D eigenvalue weighted by Crippen LogP contribution is -2.26. The van der Waals surface area contributed by atoms with Crippen molar-refractivity contribution in [3.8, 4) is 33.4 Å². The zero-order valence-electron chi connectivity index (χ0n) is 27.8. The van der Waals surface area contributed by atoms with Crippen molar-refractivity contribution in [2.45, 2.75) is 5.41 Å². The van der Waals surface area contributed by atoms with Gasteiger partial charge >= 0.3 is 0 Å². The molecule has 0 bridgehead atoms. The Bertz CT molecular complexity index is 3100. The van der Waals surface area contributed by atoms with Gasteiger partial charge in [0.2, 0.25) is 0 Å². The molecule has 0 nitrogen and oxygen atoms in total. The Morgan fingerprint density at radius 2 is 0.843 bits per heavy atom. The molecule has 0 saturated heterocycles. The monoisotopic (exact) mass is 642 g/mol. The van der Waals surface area contributed by atoms with Gasteiger partial charge in [0.15, 0.2) is 0 Å². The molecule has 2 aliphatic rings. The van der Waals surface area contributed by atoms with Crippen LogP contribution >= 0.6 is 0 Å². The second kappa shape index (κ2) is 9.81. The normalized spacial score (nSPS) is 13.6. The predicted octanol–water partition coefficient (Wildman–Crippen LogP) is 13.5. The van der Waals surface area contributed by atoms with Gasteiger partial charge in [0.05, 0.1) is 5.41 Å². The predicted molar refractivity (Wildman–Crippen MR) is 216 cm³/mol. The summed E-state index contributed by atoms with van der Waals surface area (Å²) >= 11 is 0. The van der Waals surface area contributed by atoms with Crippen LogP contribution in [0.1, 0.15) is 22.3 Å². The van der Waals surface area contributed by atoms with Crippen LogP contribution < -0.4 is 0 Å². The van der Waals surface area contributed by atoms with Crippen molar-refractivity contribution < 1.29 is 0 Å². The number of benzene rings is 10. The fourth-order valence-electron chi connectivity index (χ4n) is 9.94. The minimum absolute atomic E-state index is 0.403. The Balaban J connectivity index is 1.17. The topological polar surface area (TPSA) is 0 Å². The van der Waals surface area contributed by atoms with Crippen LogP contribution in [-0.2, 0) is 5.41 Å². The third-order valence-corrected chi connectivity index (χ3v) is 12.0. The van der Waals surface area contributed by atoms with Gasteiger partial charge in [-0.05, 0) is 134 Å². The van der Waals surface area contributed by atoms with Gasteiger partial charge in [-0.3, -0.25) is 0 Å². The molecule has 0 N–H and O–H groups in total. The molecule has 0 heteroatoms. The third kappa shape index (κ3) is 3.44. The minimum Gasteiger partial charge on any atom is -0.0619 e. The summed E-state index contributed by atoms with van der Waals surface area (Å²) in [5, 5.41) is 12.9. The summed E-state index contributed by atoms with van der Waals surface area (Å²) in [7, 11) is 0. The molecule has 234 valence electrons. The van der Waals surface area contributed by atoms with Crippen LogP contribution in [0.5, 0.6) is 0 Å². The molecular formula is C51H30. The van der Waals surface area contributed by atoms with Crippen molar-refractivity contribution in [3.63, 3.8) is 0 Å². The maximum absolute atomic E-state index is 2.53. The Morgan fingerprint density at radius 1 is 0.275 bits per heavy atom. The molecule has 51 heavy (non-hydrogen) atoms. The van der Waals surface area contributed by atoms with E-state index in [1.165, 1.54) is 109 Å². The molecule has 0 fully saturated rings. The Morgan fingerprint density at radius 3 is 1.63 bits per heavy atom. The smallest absolute Gasteiger partial charge is 0.0619 e. The summed E-state index contributed by atoms with van der Waals surface area (Å²) in [5.74, 6) is 0. The quantitative estimate of drug-likeness (QED) is 0.156. The largest absolute Gasteiger partial charge is 0.0731 e. The van der Waals surface area contributed by atoms with E-state index in [9.17, 15) is 0 Å². The first-order valence-electron chi connectivity index (χ1n) is 17.9. The van der Waals surface area contributed by atoms with Crippen LogP contribution in [0.25, 0.3) is 87.2 Å². The highest BCUT2D eigenvalue weighted by Crippen LogP contribution is 2.64. The van der Waals surface area contributed by atoms with E-state index in [0.29, 0.717) is 0 Å². The van der Waals surface area contributed by atoms with Crippen LogP contribution in [0.15, 0.2) is 182 Å². The van der Waals surface area contributed by atoms with Crippen LogP contribution in [0.3, 0.4) is 0 Å². The van der Waals surface area contributed by atoms with Gasteiger partial charge in [0, 0.05) is 0 Å². The maximum atomic E-state index is 2.53. The molecule has 0 atom stereocenters. The lowest BCUT2D eigenvalue weighted by atomic mass is 9.69. The van der Waals surface area contributed by atoms with Gasteiger partial charge in [0.1, 0.15) is 0 Å². The second-order valence-electron chi connectivity index (χ2n) is 14.4. The maximum Gasteiger partial charge on any atom is 0.0731 e. The van der Waals surface area contributed by atoms with E-state index in [0.717, 1.165) is 0 Å². The number of rotatable bonds is 1. The lowest BCUT2D eigenvalue weighted by molar-refractivity contribution is 0.802. The van der Waals surface area contributed by atoms with Crippen molar-refractivity contribution >= 4 is 53.9 Å². The van der Waals surface area contributed by atoms with E-state index < -0.39 is 5.41 Å². The molecule has 0 unspecified atom stereocenters. The number of fused-ring (bicyclic) bond motifs is 18. The first-order chi connectivity index (χ1) is 25.3. The summed E-state index contributed by atoms with van der Waals surface area (Å²) < 4.78 is 0. The van der Waals surface area contributed by atoms with Crippen molar-refractivity contribution in [2.75, 3.05) is 0 Å². The summed E-state index contributed by atoms with van der Waals surface area (Å²) in [6, 6.07) is 68.6. The summed E-state index contributed by atoms with van der Waals surface area (Å²) in [4.78, 5) is 0. The molecule has 1 spiro atoms. The molecule has 12 rings (SSSR count). The SMILES string of the molecule is c1ccc2c(c1)-c1ccccc1C21c2cc3cc(-c4cc5ccc6ccccc6c5c5ccccc45)ccc3cc2-c2ccc3ccccc3c21. The summed E-state index contributed by atoms with van der Waals surface area (Å²) in [6.07, 6.45) is 0. The van der Waals surface area contributed by atoms with E-state index in [1.54, 1.807) is 0 Å². The van der Waals surface area contributed by atoms with Gasteiger partial charge in [-0.25, -0.2) is 0 Å². The molecule has 2 aliphatic carbocycles. The van der Waals surface area contributed by atoms with Gasteiger partial charge < -0.3 is 0 Å². The van der Waals surface area contributed by atoms with Crippen LogP contribution in [0, 0.1) is 0 Å². The highest BCUT2D eigenvalue weighted by molar-refractivity contribution is 6.23. The van der Waals surface area contributed by atoms with Gasteiger partial charge in [-0.15, -0.1) is 0 Å². The summed E-state index contributed by atoms with van der Waals surface area (Å²) in [5.41, 5.74) is 13.0. The van der Waals surface area contributed by atoms with Crippen LogP contribution in [-0.4, -0.2) is 0 Å². The molecule has 0 saturated carbocycles. The lowest BCUT2D eigenvalue weighted by Gasteiger charge is -2.31. The van der Waals surface area contributed by atoms with E-state index in [1.807, 2.05) is 0 Å². The van der Waals surface area contributed by atoms with Crippen molar-refractivity contribution in [1.82, 2.24) is 0 Å². The zero-order chi connectivity index (χ0) is 33.3. The third-order valence-electron chi connectivity index (χ3n) is 12.0. The molecule has 0 aliphatic heterocycles. The van der Waals surface area contributed by atoms with Crippen LogP contribution in [0.2, 0.25) is 0 Å². The first-order valence-corrected chi connectivity index (χ1v) is 17.9.